The number of primary amides is 1. The van der Waals surface area contributed by atoms with E-state index in [1.807, 2.05) is 0 Å². The van der Waals surface area contributed by atoms with Crippen molar-refractivity contribution in [2.45, 2.75) is 6.54 Å². The average Bonchev–Trinajstić information content (AvgIpc) is 2.61. The van der Waals surface area contributed by atoms with Crippen molar-refractivity contribution < 1.29 is 18.0 Å². The number of benzene rings is 2. The van der Waals surface area contributed by atoms with Crippen molar-refractivity contribution in [1.29, 1.82) is 0 Å². The zero-order chi connectivity index (χ0) is 19.7. The van der Waals surface area contributed by atoms with Crippen LogP contribution in [0.2, 0.25) is 0 Å². The van der Waals surface area contributed by atoms with Crippen LogP contribution in [0.15, 0.2) is 52.0 Å². The molecule has 2 N–H and O–H groups in total. The second-order valence-corrected chi connectivity index (χ2v) is 6.44. The molecule has 3 rings (SSSR count). The topological polar surface area (TPSA) is 78.0 Å². The third-order valence-corrected chi connectivity index (χ3v) is 4.50. The Labute approximate surface area is 159 Å². The molecule has 27 heavy (non-hydrogen) atoms. The van der Waals surface area contributed by atoms with Gasteiger partial charge in [0.05, 0.1) is 24.1 Å². The van der Waals surface area contributed by atoms with Gasteiger partial charge in [0.2, 0.25) is 0 Å². The molecule has 0 atom stereocenters. The highest BCUT2D eigenvalue weighted by Crippen LogP contribution is 2.28. The predicted octanol–water partition coefficient (Wildman–Crippen LogP) is 3.24. The van der Waals surface area contributed by atoms with Crippen molar-refractivity contribution in [3.8, 4) is 11.3 Å². The van der Waals surface area contributed by atoms with Gasteiger partial charge in [-0.1, -0.05) is 12.1 Å². The number of hydrogen-bond donors (Lipinski definition) is 1. The second kappa shape index (κ2) is 7.36. The summed E-state index contributed by atoms with van der Waals surface area (Å²) in [6, 6.07) is 7.14. The molecule has 138 valence electrons. The Kier molecular flexibility index (Phi) is 5.13. The van der Waals surface area contributed by atoms with Gasteiger partial charge in [0.1, 0.15) is 21.9 Å². The first-order valence-corrected chi connectivity index (χ1v) is 8.36. The molecule has 0 saturated heterocycles. The van der Waals surface area contributed by atoms with E-state index in [9.17, 15) is 22.8 Å². The molecule has 0 saturated carbocycles. The number of rotatable bonds is 4. The van der Waals surface area contributed by atoms with Gasteiger partial charge >= 0.3 is 0 Å². The van der Waals surface area contributed by atoms with E-state index in [0.29, 0.717) is 11.6 Å². The molecule has 1 aromatic heterocycles. The maximum atomic E-state index is 14.5. The van der Waals surface area contributed by atoms with Crippen molar-refractivity contribution in [2.24, 2.45) is 5.73 Å². The van der Waals surface area contributed by atoms with Crippen LogP contribution in [0.25, 0.3) is 11.3 Å². The maximum absolute atomic E-state index is 14.5. The third kappa shape index (κ3) is 3.77. The van der Waals surface area contributed by atoms with E-state index in [-0.39, 0.29) is 22.3 Å². The number of carbonyl (C=O) groups is 1. The highest BCUT2D eigenvalue weighted by Gasteiger charge is 2.21. The van der Waals surface area contributed by atoms with Gasteiger partial charge in [0, 0.05) is 5.56 Å². The number of hydrogen-bond acceptors (Lipinski definition) is 3. The molecule has 0 radical (unpaired) electrons. The Morgan fingerprint density at radius 2 is 1.89 bits per heavy atom. The van der Waals surface area contributed by atoms with Crippen molar-refractivity contribution in [3.63, 3.8) is 0 Å². The molecular weight excluding hydrogens is 427 g/mol. The van der Waals surface area contributed by atoms with Crippen LogP contribution < -0.4 is 11.3 Å². The zero-order valence-electron chi connectivity index (χ0n) is 13.5. The lowest BCUT2D eigenvalue weighted by Gasteiger charge is -2.11. The Morgan fingerprint density at radius 3 is 2.56 bits per heavy atom. The summed E-state index contributed by atoms with van der Waals surface area (Å²) in [5.41, 5.74) is 3.76. The molecule has 9 heteroatoms. The number of nitrogens with zero attached hydrogens (tertiary/aromatic N) is 2. The van der Waals surface area contributed by atoms with Crippen LogP contribution in [-0.2, 0) is 6.54 Å². The van der Waals surface area contributed by atoms with Gasteiger partial charge in [-0.2, -0.15) is 0 Å². The SMILES string of the molecule is NC(=O)c1cc(F)cc(-c2ncn(Cc3cccc(F)c3)c(=O)c2Br)c1F. The van der Waals surface area contributed by atoms with Gasteiger partial charge in [-0.15, -0.1) is 0 Å². The Morgan fingerprint density at radius 1 is 1.15 bits per heavy atom. The molecule has 5 nitrogen and oxygen atoms in total. The van der Waals surface area contributed by atoms with Crippen LogP contribution in [-0.4, -0.2) is 15.5 Å². The first-order valence-electron chi connectivity index (χ1n) is 7.56. The van der Waals surface area contributed by atoms with Crippen LogP contribution in [0.5, 0.6) is 0 Å². The molecule has 3 aromatic rings. The fraction of sp³-hybridized carbons (Fsp3) is 0.0556. The molecule has 0 spiro atoms. The van der Waals surface area contributed by atoms with Crippen LogP contribution in [0.4, 0.5) is 13.2 Å². The van der Waals surface area contributed by atoms with Crippen molar-refractivity contribution in [3.05, 3.63) is 86.1 Å². The summed E-state index contributed by atoms with van der Waals surface area (Å²) in [6.07, 6.45) is 1.13. The molecule has 0 aliphatic rings. The minimum Gasteiger partial charge on any atom is -0.366 e. The van der Waals surface area contributed by atoms with Crippen LogP contribution >= 0.6 is 15.9 Å². The van der Waals surface area contributed by atoms with Crippen LogP contribution in [0, 0.1) is 17.5 Å². The van der Waals surface area contributed by atoms with E-state index >= 15 is 0 Å². The van der Waals surface area contributed by atoms with E-state index in [0.717, 1.165) is 12.4 Å². The molecule has 0 fully saturated rings. The molecular formula is C18H11BrF3N3O2. The molecule has 0 unspecified atom stereocenters. The quantitative estimate of drug-likeness (QED) is 0.680. The Balaban J connectivity index is 2.09. The number of amides is 1. The summed E-state index contributed by atoms with van der Waals surface area (Å²) in [7, 11) is 0. The minimum absolute atomic E-state index is 0.0284. The van der Waals surface area contributed by atoms with Gasteiger partial charge in [0.25, 0.3) is 11.5 Å². The normalized spacial score (nSPS) is 10.8. The summed E-state index contributed by atoms with van der Waals surface area (Å²) in [5, 5.41) is 0. The monoisotopic (exact) mass is 437 g/mol. The number of carbonyl (C=O) groups excluding carboxylic acids is 1. The summed E-state index contributed by atoms with van der Waals surface area (Å²) >= 11 is 3.04. The lowest BCUT2D eigenvalue weighted by molar-refractivity contribution is 0.0996. The van der Waals surface area contributed by atoms with Gasteiger partial charge in [0.15, 0.2) is 0 Å². The first-order chi connectivity index (χ1) is 12.8. The van der Waals surface area contributed by atoms with Crippen molar-refractivity contribution >= 4 is 21.8 Å². The minimum atomic E-state index is -1.15. The third-order valence-electron chi connectivity index (χ3n) is 3.78. The standard InChI is InChI=1S/C18H11BrF3N3O2/c19-14-16(12-5-11(21)6-13(15(12)22)17(23)26)24-8-25(18(14)27)7-9-2-1-3-10(20)4-9/h1-6,8H,7H2,(H2,23,26). The number of aromatic nitrogens is 2. The lowest BCUT2D eigenvalue weighted by Crippen LogP contribution is -2.23. The van der Waals surface area contributed by atoms with Crippen LogP contribution in [0.3, 0.4) is 0 Å². The van der Waals surface area contributed by atoms with Crippen molar-refractivity contribution in [2.75, 3.05) is 0 Å². The summed E-state index contributed by atoms with van der Waals surface area (Å²) in [6.45, 7) is 0.0284. The van der Waals surface area contributed by atoms with E-state index in [1.54, 1.807) is 6.07 Å². The zero-order valence-corrected chi connectivity index (χ0v) is 15.1. The Bertz CT molecular complexity index is 1120. The molecule has 0 aliphatic heterocycles. The number of nitrogens with two attached hydrogens (primary N) is 1. The van der Waals surface area contributed by atoms with E-state index in [4.69, 9.17) is 5.73 Å². The first kappa shape index (κ1) is 18.8. The molecule has 0 aliphatic carbocycles. The van der Waals surface area contributed by atoms with Gasteiger partial charge in [-0.05, 0) is 45.8 Å². The highest BCUT2D eigenvalue weighted by molar-refractivity contribution is 9.10. The van der Waals surface area contributed by atoms with E-state index in [2.05, 4.69) is 20.9 Å². The summed E-state index contributed by atoms with van der Waals surface area (Å²) < 4.78 is 42.6. The predicted molar refractivity (Wildman–Crippen MR) is 95.6 cm³/mol. The fourth-order valence-electron chi connectivity index (χ4n) is 2.54. The maximum Gasteiger partial charge on any atom is 0.268 e. The molecule has 2 aromatic carbocycles. The molecule has 0 bridgehead atoms. The highest BCUT2D eigenvalue weighted by atomic mass is 79.9. The number of halogens is 4. The molecule has 1 heterocycles. The van der Waals surface area contributed by atoms with Gasteiger partial charge < -0.3 is 5.73 Å². The van der Waals surface area contributed by atoms with E-state index < -0.39 is 34.5 Å². The lowest BCUT2D eigenvalue weighted by atomic mass is 10.1. The molecule has 1 amide bonds. The summed E-state index contributed by atoms with van der Waals surface area (Å²) in [5.74, 6) is -3.59. The van der Waals surface area contributed by atoms with Gasteiger partial charge in [-0.3, -0.25) is 14.2 Å². The fourth-order valence-corrected chi connectivity index (χ4v) is 3.08. The van der Waals surface area contributed by atoms with E-state index in [1.165, 1.54) is 22.8 Å². The smallest absolute Gasteiger partial charge is 0.268 e. The largest absolute Gasteiger partial charge is 0.366 e. The average molecular weight is 438 g/mol. The van der Waals surface area contributed by atoms with Gasteiger partial charge in [-0.25, -0.2) is 18.2 Å². The Hall–Kier alpha value is -2.94. The summed E-state index contributed by atoms with van der Waals surface area (Å²) in [4.78, 5) is 27.8. The van der Waals surface area contributed by atoms with Crippen molar-refractivity contribution in [1.82, 2.24) is 9.55 Å². The second-order valence-electron chi connectivity index (χ2n) is 5.65. The van der Waals surface area contributed by atoms with Crippen LogP contribution in [0.1, 0.15) is 15.9 Å².